The van der Waals surface area contributed by atoms with Crippen molar-refractivity contribution in [3.8, 4) is 0 Å². The van der Waals surface area contributed by atoms with E-state index >= 15 is 0 Å². The summed E-state index contributed by atoms with van der Waals surface area (Å²) in [6.07, 6.45) is 14.9. The molecule has 2 aromatic heterocycles. The Hall–Kier alpha value is -1.86. The molecule has 6 rings (SSSR count). The number of Topliss-reactive ketones (excluding diaryl/α,β-unsaturated/α-hetero) is 1. The molecule has 4 fully saturated rings. The van der Waals surface area contributed by atoms with Crippen LogP contribution in [0.4, 0.5) is 0 Å². The molecule has 0 radical (unpaired) electrons. The van der Waals surface area contributed by atoms with Crippen LogP contribution in [0.3, 0.4) is 0 Å². The van der Waals surface area contributed by atoms with Gasteiger partial charge in [0.15, 0.2) is 11.4 Å². The highest BCUT2D eigenvalue weighted by Crippen LogP contribution is 2.68. The maximum atomic E-state index is 13.6. The minimum absolute atomic E-state index is 0.0720. The van der Waals surface area contributed by atoms with Crippen LogP contribution in [0.5, 0.6) is 0 Å². The van der Waals surface area contributed by atoms with Gasteiger partial charge in [0.25, 0.3) is 0 Å². The van der Waals surface area contributed by atoms with E-state index in [4.69, 9.17) is 4.74 Å². The van der Waals surface area contributed by atoms with Gasteiger partial charge in [-0.1, -0.05) is 6.92 Å². The molecule has 4 saturated carbocycles. The topological polar surface area (TPSA) is 90.1 Å². The lowest BCUT2D eigenvalue weighted by Gasteiger charge is -2.62. The summed E-state index contributed by atoms with van der Waals surface area (Å²) in [7, 11) is 1.85. The van der Waals surface area contributed by atoms with E-state index in [1.54, 1.807) is 17.1 Å². The lowest BCUT2D eigenvalue weighted by atomic mass is 9.43. The molecule has 0 bridgehead atoms. The third kappa shape index (κ3) is 3.67. The second kappa shape index (κ2) is 8.34. The maximum absolute atomic E-state index is 13.6. The van der Waals surface area contributed by atoms with Gasteiger partial charge in [0.2, 0.25) is 0 Å². The van der Waals surface area contributed by atoms with E-state index in [-0.39, 0.29) is 16.7 Å². The Morgan fingerprint density at radius 3 is 2.71 bits per heavy atom. The van der Waals surface area contributed by atoms with Gasteiger partial charge >= 0.3 is 0 Å². The van der Waals surface area contributed by atoms with Gasteiger partial charge in [-0.15, -0.1) is 0 Å². The highest BCUT2D eigenvalue weighted by atomic mass is 16.5. The molecule has 1 unspecified atom stereocenters. The number of aromatic nitrogens is 4. The van der Waals surface area contributed by atoms with Crippen LogP contribution in [0.1, 0.15) is 71.6 Å². The van der Waals surface area contributed by atoms with Gasteiger partial charge in [-0.05, 0) is 99.2 Å². The van der Waals surface area contributed by atoms with Crippen LogP contribution in [0.2, 0.25) is 0 Å². The van der Waals surface area contributed by atoms with Crippen molar-refractivity contribution < 1.29 is 14.6 Å². The molecule has 2 heterocycles. The van der Waals surface area contributed by atoms with Gasteiger partial charge in [0, 0.05) is 25.4 Å². The van der Waals surface area contributed by atoms with Crippen molar-refractivity contribution in [2.45, 2.75) is 83.8 Å². The fourth-order valence-corrected chi connectivity index (χ4v) is 9.46. The lowest BCUT2D eigenvalue weighted by Crippen LogP contribution is -2.58. The van der Waals surface area contributed by atoms with Gasteiger partial charge in [0.05, 0.1) is 24.9 Å². The van der Waals surface area contributed by atoms with Crippen LogP contribution >= 0.6 is 0 Å². The Morgan fingerprint density at radius 1 is 1.09 bits per heavy atom. The summed E-state index contributed by atoms with van der Waals surface area (Å²) in [6.45, 7) is 5.56. The van der Waals surface area contributed by atoms with E-state index in [0.717, 1.165) is 50.6 Å². The first-order valence-electron chi connectivity index (χ1n) is 13.6. The van der Waals surface area contributed by atoms with E-state index in [9.17, 15) is 9.90 Å². The first-order valence-corrected chi connectivity index (χ1v) is 13.6. The zero-order chi connectivity index (χ0) is 24.4. The van der Waals surface area contributed by atoms with Gasteiger partial charge in [0.1, 0.15) is 5.52 Å². The molecule has 0 amide bonds. The Labute approximate surface area is 208 Å². The Kier molecular flexibility index (Phi) is 5.61. The third-order valence-corrected chi connectivity index (χ3v) is 11.0. The molecule has 0 aromatic carbocycles. The predicted molar refractivity (Wildman–Crippen MR) is 132 cm³/mol. The summed E-state index contributed by atoms with van der Waals surface area (Å²) in [6, 6.07) is 0. The number of nitrogens with zero attached hydrogens (tertiary/aromatic N) is 4. The predicted octanol–water partition coefficient (Wildman–Crippen LogP) is 4.43. The molecule has 0 spiro atoms. The second-order valence-corrected chi connectivity index (χ2v) is 12.8. The third-order valence-electron chi connectivity index (χ3n) is 11.0. The van der Waals surface area contributed by atoms with Crippen LogP contribution in [0.25, 0.3) is 11.2 Å². The molecule has 7 nitrogen and oxygen atoms in total. The normalized spacial score (nSPS) is 42.9. The Bertz CT molecular complexity index is 1080. The molecule has 8 atom stereocenters. The Balaban J connectivity index is 1.23. The zero-order valence-electron chi connectivity index (χ0n) is 21.4. The number of carbonyl (C=O) groups excluding carboxylic acids is 1. The van der Waals surface area contributed by atoms with Crippen LogP contribution in [0, 0.1) is 40.4 Å². The van der Waals surface area contributed by atoms with Gasteiger partial charge < -0.3 is 9.84 Å². The number of aliphatic hydroxyl groups is 1. The van der Waals surface area contributed by atoms with Crippen LogP contribution in [-0.4, -0.2) is 50.0 Å². The molecule has 2 aromatic rings. The number of carbonyl (C=O) groups is 1. The number of methoxy groups -OCH3 is 1. The van der Waals surface area contributed by atoms with E-state index in [1.807, 2.05) is 20.2 Å². The summed E-state index contributed by atoms with van der Waals surface area (Å²) in [5.41, 5.74) is 1.07. The first kappa shape index (κ1) is 23.5. The molecule has 190 valence electrons. The van der Waals surface area contributed by atoms with Crippen LogP contribution in [0.15, 0.2) is 18.6 Å². The Morgan fingerprint density at radius 2 is 1.91 bits per heavy atom. The number of hydrogen-bond acceptors (Lipinski definition) is 6. The highest BCUT2D eigenvalue weighted by molar-refractivity contribution is 5.82. The SMILES string of the molecule is COC[C@]12CC[C@@](C)(O)C[C@@H]1CC[C@H]1[C@@H]3CC[C@H](C(=O)Cn4cc5nccnc5n4)C3(C)CC[C@@H]12. The van der Waals surface area contributed by atoms with Gasteiger partial charge in [-0.3, -0.25) is 9.48 Å². The van der Waals surface area contributed by atoms with Crippen molar-refractivity contribution in [1.29, 1.82) is 0 Å². The summed E-state index contributed by atoms with van der Waals surface area (Å²) < 4.78 is 7.63. The molecule has 1 N–H and O–H groups in total. The number of hydrogen-bond donors (Lipinski definition) is 1. The molecule has 4 aliphatic carbocycles. The standard InChI is InChI=1S/C28H40N4O3/c1-26(34)10-11-28(17-35-3)18(14-26)4-5-19-20-6-7-22(27(20,2)9-8-21(19)28)24(33)16-32-15-23-25(31-32)30-13-12-29-23/h12-13,15,18-22,34H,4-11,14,16-17H2,1-3H3/t18-,19-,20-,21-,22+,26+,27?,28+/m0/s1. The second-order valence-electron chi connectivity index (χ2n) is 12.8. The molecule has 0 aliphatic heterocycles. The van der Waals surface area contributed by atoms with Gasteiger partial charge in [-0.25, -0.2) is 9.97 Å². The van der Waals surface area contributed by atoms with E-state index in [1.165, 1.54) is 19.3 Å². The molecule has 35 heavy (non-hydrogen) atoms. The minimum atomic E-state index is -0.537. The molecular formula is C28H40N4O3. The largest absolute Gasteiger partial charge is 0.390 e. The van der Waals surface area contributed by atoms with E-state index in [0.29, 0.717) is 41.6 Å². The van der Waals surface area contributed by atoms with Crippen molar-refractivity contribution in [2.75, 3.05) is 13.7 Å². The van der Waals surface area contributed by atoms with Gasteiger partial charge in [-0.2, -0.15) is 5.10 Å². The fourth-order valence-electron chi connectivity index (χ4n) is 9.46. The summed E-state index contributed by atoms with van der Waals surface area (Å²) in [4.78, 5) is 22.2. The van der Waals surface area contributed by atoms with E-state index < -0.39 is 5.60 Å². The van der Waals surface area contributed by atoms with Crippen molar-refractivity contribution >= 4 is 16.9 Å². The minimum Gasteiger partial charge on any atom is -0.390 e. The highest BCUT2D eigenvalue weighted by Gasteiger charge is 2.63. The van der Waals surface area contributed by atoms with Crippen molar-refractivity contribution in [2.24, 2.45) is 40.4 Å². The van der Waals surface area contributed by atoms with Crippen molar-refractivity contribution in [3.63, 3.8) is 0 Å². The fraction of sp³-hybridized carbons (Fsp3) is 0.786. The average molecular weight is 481 g/mol. The molecular weight excluding hydrogens is 440 g/mol. The molecule has 0 saturated heterocycles. The van der Waals surface area contributed by atoms with Crippen molar-refractivity contribution in [3.05, 3.63) is 18.6 Å². The summed E-state index contributed by atoms with van der Waals surface area (Å²) in [5, 5.41) is 15.3. The summed E-state index contributed by atoms with van der Waals surface area (Å²) >= 11 is 0. The maximum Gasteiger partial charge on any atom is 0.199 e. The smallest absolute Gasteiger partial charge is 0.199 e. The van der Waals surface area contributed by atoms with Crippen LogP contribution in [-0.2, 0) is 16.1 Å². The molecule has 4 aliphatic rings. The number of ketones is 1. The number of ether oxygens (including phenoxy) is 1. The van der Waals surface area contributed by atoms with E-state index in [2.05, 4.69) is 22.0 Å². The monoisotopic (exact) mass is 480 g/mol. The summed E-state index contributed by atoms with van der Waals surface area (Å²) in [5.74, 6) is 2.89. The first-order chi connectivity index (χ1) is 16.8. The van der Waals surface area contributed by atoms with Crippen LogP contribution < -0.4 is 0 Å². The zero-order valence-corrected chi connectivity index (χ0v) is 21.4. The average Bonchev–Trinajstić information content (AvgIpc) is 3.39. The van der Waals surface area contributed by atoms with Crippen molar-refractivity contribution in [1.82, 2.24) is 19.7 Å². The number of rotatable bonds is 5. The quantitative estimate of drug-likeness (QED) is 0.681. The number of fused-ring (bicyclic) bond motifs is 6. The molecule has 7 heteroatoms. The lowest BCUT2D eigenvalue weighted by molar-refractivity contribution is -0.175.